The predicted octanol–water partition coefficient (Wildman–Crippen LogP) is 1.04. The van der Waals surface area contributed by atoms with E-state index >= 15 is 0 Å². The Bertz CT molecular complexity index is 217. The summed E-state index contributed by atoms with van der Waals surface area (Å²) >= 11 is 0. The summed E-state index contributed by atoms with van der Waals surface area (Å²) in [4.78, 5) is 11.6. The number of carbonyl (C=O) groups excluding carboxylic acids is 1. The smallest absolute Gasteiger partial charge is 0.223 e. The van der Waals surface area contributed by atoms with Crippen LogP contribution in [0.4, 0.5) is 0 Å². The lowest BCUT2D eigenvalue weighted by molar-refractivity contribution is -0.127. The van der Waals surface area contributed by atoms with Crippen molar-refractivity contribution in [3.8, 4) is 0 Å². The van der Waals surface area contributed by atoms with Gasteiger partial charge in [-0.05, 0) is 39.2 Å². The van der Waals surface area contributed by atoms with Crippen LogP contribution in [0.25, 0.3) is 0 Å². The molecule has 0 bridgehead atoms. The molecule has 1 atom stereocenters. The lowest BCUT2D eigenvalue weighted by Crippen LogP contribution is -2.49. The Balaban J connectivity index is 1.72. The molecule has 0 spiro atoms. The fourth-order valence-electron chi connectivity index (χ4n) is 2.20. The maximum absolute atomic E-state index is 11.6. The summed E-state index contributed by atoms with van der Waals surface area (Å²) in [6.45, 7) is 4.08. The van der Waals surface area contributed by atoms with Gasteiger partial charge in [-0.25, -0.2) is 0 Å². The third-order valence-electron chi connectivity index (χ3n) is 3.59. The molecular weight excluding hydrogens is 176 g/mol. The van der Waals surface area contributed by atoms with Gasteiger partial charge in [0, 0.05) is 18.0 Å². The van der Waals surface area contributed by atoms with Crippen LogP contribution in [0, 0.1) is 5.92 Å². The second-order valence-corrected chi connectivity index (χ2v) is 4.94. The number of nitrogens with one attached hydrogen (secondary N) is 2. The van der Waals surface area contributed by atoms with Crippen LogP contribution < -0.4 is 10.6 Å². The van der Waals surface area contributed by atoms with Crippen LogP contribution in [0.15, 0.2) is 0 Å². The van der Waals surface area contributed by atoms with E-state index in [9.17, 15) is 4.79 Å². The van der Waals surface area contributed by atoms with Gasteiger partial charge >= 0.3 is 0 Å². The molecular formula is C11H20N2O. The first-order valence-electron chi connectivity index (χ1n) is 5.72. The molecule has 2 N–H and O–H groups in total. The number of carbonyl (C=O) groups is 1. The van der Waals surface area contributed by atoms with Gasteiger partial charge in [-0.15, -0.1) is 0 Å². The Hall–Kier alpha value is -0.570. The zero-order chi connectivity index (χ0) is 10.0. The van der Waals surface area contributed by atoms with Crippen LogP contribution in [-0.2, 0) is 4.79 Å². The summed E-state index contributed by atoms with van der Waals surface area (Å²) in [5.74, 6) is 0.589. The third-order valence-corrected chi connectivity index (χ3v) is 3.59. The highest BCUT2D eigenvalue weighted by Gasteiger charge is 2.30. The monoisotopic (exact) mass is 196 g/mol. The minimum atomic E-state index is 0.152. The summed E-state index contributed by atoms with van der Waals surface area (Å²) in [5.41, 5.74) is 0.152. The highest BCUT2D eigenvalue weighted by molar-refractivity contribution is 5.79. The summed E-state index contributed by atoms with van der Waals surface area (Å²) in [6.07, 6.45) is 5.83. The van der Waals surface area contributed by atoms with Gasteiger partial charge in [-0.2, -0.15) is 0 Å². The fraction of sp³-hybridized carbons (Fsp3) is 0.909. The fourth-order valence-corrected chi connectivity index (χ4v) is 2.20. The zero-order valence-corrected chi connectivity index (χ0v) is 8.94. The van der Waals surface area contributed by atoms with E-state index in [1.165, 1.54) is 19.3 Å². The molecule has 1 aliphatic carbocycles. The van der Waals surface area contributed by atoms with Crippen LogP contribution in [-0.4, -0.2) is 24.5 Å². The van der Waals surface area contributed by atoms with Crippen molar-refractivity contribution in [3.05, 3.63) is 0 Å². The summed E-state index contributed by atoms with van der Waals surface area (Å²) in [5, 5.41) is 6.51. The number of amides is 1. The van der Waals surface area contributed by atoms with Gasteiger partial charge in [-0.1, -0.05) is 6.42 Å². The average Bonchev–Trinajstić information content (AvgIpc) is 2.47. The molecule has 0 aromatic rings. The molecule has 3 heteroatoms. The quantitative estimate of drug-likeness (QED) is 0.708. The van der Waals surface area contributed by atoms with E-state index in [1.54, 1.807) is 0 Å². The van der Waals surface area contributed by atoms with Crippen molar-refractivity contribution in [1.82, 2.24) is 10.6 Å². The van der Waals surface area contributed by atoms with Gasteiger partial charge in [-0.3, -0.25) is 4.79 Å². The van der Waals surface area contributed by atoms with E-state index < -0.39 is 0 Å². The molecule has 3 nitrogen and oxygen atoms in total. The lowest BCUT2D eigenvalue weighted by atomic mass is 9.84. The van der Waals surface area contributed by atoms with E-state index in [2.05, 4.69) is 17.6 Å². The molecule has 1 amide bonds. The molecule has 1 aliphatic heterocycles. The highest BCUT2D eigenvalue weighted by Crippen LogP contribution is 2.26. The van der Waals surface area contributed by atoms with Gasteiger partial charge < -0.3 is 10.6 Å². The van der Waals surface area contributed by atoms with Gasteiger partial charge in [0.25, 0.3) is 0 Å². The lowest BCUT2D eigenvalue weighted by Gasteiger charge is -2.28. The minimum Gasteiger partial charge on any atom is -0.354 e. The van der Waals surface area contributed by atoms with Crippen molar-refractivity contribution in [2.75, 3.05) is 13.1 Å². The molecule has 2 rings (SSSR count). The predicted molar refractivity (Wildman–Crippen MR) is 56.0 cm³/mol. The van der Waals surface area contributed by atoms with Crippen molar-refractivity contribution in [2.45, 2.75) is 44.6 Å². The molecule has 14 heavy (non-hydrogen) atoms. The minimum absolute atomic E-state index is 0.152. The van der Waals surface area contributed by atoms with Crippen LogP contribution in [0.2, 0.25) is 0 Å². The van der Waals surface area contributed by atoms with Crippen molar-refractivity contribution in [3.63, 3.8) is 0 Å². The Kier molecular flexibility index (Phi) is 2.77. The second kappa shape index (κ2) is 3.89. The van der Waals surface area contributed by atoms with Crippen molar-refractivity contribution in [2.24, 2.45) is 5.92 Å². The summed E-state index contributed by atoms with van der Waals surface area (Å²) < 4.78 is 0. The molecule has 1 heterocycles. The zero-order valence-electron chi connectivity index (χ0n) is 8.94. The van der Waals surface area contributed by atoms with Gasteiger partial charge in [0.2, 0.25) is 5.91 Å². The first-order valence-corrected chi connectivity index (χ1v) is 5.72. The van der Waals surface area contributed by atoms with Crippen LogP contribution in [0.3, 0.4) is 0 Å². The topological polar surface area (TPSA) is 41.1 Å². The van der Waals surface area contributed by atoms with Crippen LogP contribution >= 0.6 is 0 Å². The third kappa shape index (κ3) is 2.08. The Morgan fingerprint density at radius 3 is 2.79 bits per heavy atom. The Morgan fingerprint density at radius 1 is 1.50 bits per heavy atom. The van der Waals surface area contributed by atoms with Gasteiger partial charge in [0.15, 0.2) is 0 Å². The highest BCUT2D eigenvalue weighted by atomic mass is 16.1. The molecule has 0 aromatic carbocycles. The van der Waals surface area contributed by atoms with Crippen molar-refractivity contribution in [1.29, 1.82) is 0 Å². The Labute approximate surface area is 85.6 Å². The normalized spacial score (nSPS) is 32.6. The summed E-state index contributed by atoms with van der Waals surface area (Å²) in [6, 6.07) is 0. The van der Waals surface area contributed by atoms with Gasteiger partial charge in [0.1, 0.15) is 0 Å². The van der Waals surface area contributed by atoms with E-state index in [4.69, 9.17) is 0 Å². The molecule has 2 fully saturated rings. The molecule has 1 saturated carbocycles. The molecule has 1 unspecified atom stereocenters. The van der Waals surface area contributed by atoms with E-state index in [0.717, 1.165) is 25.9 Å². The van der Waals surface area contributed by atoms with Gasteiger partial charge in [0.05, 0.1) is 0 Å². The Morgan fingerprint density at radius 2 is 2.29 bits per heavy atom. The largest absolute Gasteiger partial charge is 0.354 e. The number of hydrogen-bond donors (Lipinski definition) is 2. The maximum atomic E-state index is 11.6. The van der Waals surface area contributed by atoms with Crippen LogP contribution in [0.5, 0.6) is 0 Å². The summed E-state index contributed by atoms with van der Waals surface area (Å²) in [7, 11) is 0. The van der Waals surface area contributed by atoms with Crippen molar-refractivity contribution >= 4 is 5.91 Å². The number of hydrogen-bond acceptors (Lipinski definition) is 2. The SMILES string of the molecule is CC1(CNC(=O)C2CCC2)CCCN1. The molecule has 0 radical (unpaired) electrons. The second-order valence-electron chi connectivity index (χ2n) is 4.94. The van der Waals surface area contributed by atoms with E-state index in [-0.39, 0.29) is 11.4 Å². The van der Waals surface area contributed by atoms with Crippen molar-refractivity contribution < 1.29 is 4.79 Å². The average molecular weight is 196 g/mol. The molecule has 2 aliphatic rings. The molecule has 80 valence electrons. The number of rotatable bonds is 3. The molecule has 0 aromatic heterocycles. The molecule has 1 saturated heterocycles. The maximum Gasteiger partial charge on any atom is 0.223 e. The van der Waals surface area contributed by atoms with E-state index in [0.29, 0.717) is 5.92 Å². The van der Waals surface area contributed by atoms with E-state index in [1.807, 2.05) is 0 Å². The van der Waals surface area contributed by atoms with Crippen LogP contribution in [0.1, 0.15) is 39.0 Å². The first-order chi connectivity index (χ1) is 6.70. The standard InChI is InChI=1S/C11H20N2O/c1-11(6-3-7-13-11)8-12-10(14)9-4-2-5-9/h9,13H,2-8H2,1H3,(H,12,14). The first kappa shape index (κ1) is 9.97.